The maximum absolute atomic E-state index is 12.6. The number of fused-ring (bicyclic) bond motifs is 1. The molecule has 1 aliphatic heterocycles. The van der Waals surface area contributed by atoms with Crippen LogP contribution in [-0.4, -0.2) is 56.7 Å². The lowest BCUT2D eigenvalue weighted by Gasteiger charge is -2.30. The van der Waals surface area contributed by atoms with Crippen LogP contribution in [0.25, 0.3) is 22.0 Å². The number of aryl methyl sites for hydroxylation is 1. The number of nitrogens with one attached hydrogen (secondary N) is 1. The number of amides is 1. The van der Waals surface area contributed by atoms with Gasteiger partial charge in [-0.25, -0.2) is 9.97 Å². The van der Waals surface area contributed by atoms with Gasteiger partial charge in [-0.3, -0.25) is 4.79 Å². The van der Waals surface area contributed by atoms with Gasteiger partial charge in [0.05, 0.1) is 24.8 Å². The SMILES string of the molecule is Cn1cncc1-c1ccc2cnc(NC(=O)C3CCN(CCO)CC3)cc2c1. The molecular formula is C21H25N5O2. The van der Waals surface area contributed by atoms with Gasteiger partial charge in [-0.2, -0.15) is 0 Å². The molecule has 2 N–H and O–H groups in total. The van der Waals surface area contributed by atoms with Gasteiger partial charge >= 0.3 is 0 Å². The van der Waals surface area contributed by atoms with Crippen molar-refractivity contribution in [3.05, 3.63) is 43.0 Å². The van der Waals surface area contributed by atoms with Crippen LogP contribution >= 0.6 is 0 Å². The summed E-state index contributed by atoms with van der Waals surface area (Å²) in [5.74, 6) is 0.601. The normalized spacial score (nSPS) is 15.8. The van der Waals surface area contributed by atoms with Crippen LogP contribution in [0.4, 0.5) is 5.82 Å². The van der Waals surface area contributed by atoms with Gasteiger partial charge in [0.2, 0.25) is 5.91 Å². The van der Waals surface area contributed by atoms with Crippen molar-refractivity contribution in [1.29, 1.82) is 0 Å². The molecular weight excluding hydrogens is 354 g/mol. The summed E-state index contributed by atoms with van der Waals surface area (Å²) in [5, 5.41) is 14.1. The summed E-state index contributed by atoms with van der Waals surface area (Å²) in [7, 11) is 1.97. The van der Waals surface area contributed by atoms with E-state index in [-0.39, 0.29) is 18.4 Å². The number of carbonyl (C=O) groups is 1. The van der Waals surface area contributed by atoms with E-state index in [0.29, 0.717) is 12.4 Å². The van der Waals surface area contributed by atoms with Crippen LogP contribution < -0.4 is 5.32 Å². The van der Waals surface area contributed by atoms with Gasteiger partial charge in [0, 0.05) is 36.7 Å². The van der Waals surface area contributed by atoms with Crippen LogP contribution in [0, 0.1) is 5.92 Å². The fourth-order valence-electron chi connectivity index (χ4n) is 3.79. The summed E-state index contributed by atoms with van der Waals surface area (Å²) in [6, 6.07) is 8.11. The van der Waals surface area contributed by atoms with Crippen molar-refractivity contribution >= 4 is 22.5 Å². The minimum Gasteiger partial charge on any atom is -0.395 e. The number of pyridine rings is 1. The Balaban J connectivity index is 1.48. The molecule has 0 unspecified atom stereocenters. The minimum absolute atomic E-state index is 0.00628. The maximum Gasteiger partial charge on any atom is 0.228 e. The Morgan fingerprint density at radius 1 is 1.21 bits per heavy atom. The average Bonchev–Trinajstić information content (AvgIpc) is 3.14. The summed E-state index contributed by atoms with van der Waals surface area (Å²) < 4.78 is 1.98. The monoisotopic (exact) mass is 379 g/mol. The standard InChI is InChI=1S/C21H25N5O2/c1-25-14-22-13-19(25)16-2-3-17-12-23-20(11-18(17)10-16)24-21(28)15-4-6-26(7-5-15)8-9-27/h2-3,10-15,27H,4-9H2,1H3,(H,23,24,28). The number of β-amino-alcohol motifs (C(OH)–C–C–N with tert-alkyl or cyclic N) is 1. The summed E-state index contributed by atoms with van der Waals surface area (Å²) in [6.45, 7) is 2.54. The minimum atomic E-state index is -0.00628. The predicted molar refractivity (Wildman–Crippen MR) is 109 cm³/mol. The second-order valence-electron chi connectivity index (χ2n) is 7.35. The van der Waals surface area contributed by atoms with Crippen molar-refractivity contribution in [2.45, 2.75) is 12.8 Å². The molecule has 7 heteroatoms. The van der Waals surface area contributed by atoms with Crippen molar-refractivity contribution in [2.24, 2.45) is 13.0 Å². The zero-order valence-electron chi connectivity index (χ0n) is 16.0. The Kier molecular flexibility index (Phi) is 5.36. The summed E-state index contributed by atoms with van der Waals surface area (Å²) in [4.78, 5) is 23.4. The number of benzene rings is 1. The highest BCUT2D eigenvalue weighted by Crippen LogP contribution is 2.25. The molecule has 0 atom stereocenters. The van der Waals surface area contributed by atoms with Gasteiger partial charge in [0.25, 0.3) is 0 Å². The smallest absolute Gasteiger partial charge is 0.228 e. The highest BCUT2D eigenvalue weighted by molar-refractivity contribution is 5.95. The van der Waals surface area contributed by atoms with E-state index >= 15 is 0 Å². The Bertz CT molecular complexity index is 976. The molecule has 3 heterocycles. The third-order valence-electron chi connectivity index (χ3n) is 5.46. The Hall–Kier alpha value is -2.77. The molecule has 0 aliphatic carbocycles. The van der Waals surface area contributed by atoms with Crippen LogP contribution in [0.5, 0.6) is 0 Å². The molecule has 1 fully saturated rings. The highest BCUT2D eigenvalue weighted by Gasteiger charge is 2.25. The summed E-state index contributed by atoms with van der Waals surface area (Å²) >= 11 is 0. The van der Waals surface area contributed by atoms with Gasteiger partial charge in [-0.05, 0) is 43.5 Å². The van der Waals surface area contributed by atoms with Crippen LogP contribution in [0.3, 0.4) is 0 Å². The fraction of sp³-hybridized carbons (Fsp3) is 0.381. The number of anilines is 1. The van der Waals surface area contributed by atoms with E-state index in [1.807, 2.05) is 29.9 Å². The largest absolute Gasteiger partial charge is 0.395 e. The van der Waals surface area contributed by atoms with Crippen LogP contribution in [0.1, 0.15) is 12.8 Å². The number of imidazole rings is 1. The van der Waals surface area contributed by atoms with Gasteiger partial charge in [0.15, 0.2) is 0 Å². The summed E-state index contributed by atoms with van der Waals surface area (Å²) in [6.07, 6.45) is 7.04. The molecule has 2 aromatic heterocycles. The van der Waals surface area contributed by atoms with Gasteiger partial charge in [-0.15, -0.1) is 0 Å². The molecule has 7 nitrogen and oxygen atoms in total. The Morgan fingerprint density at radius 2 is 2.04 bits per heavy atom. The Labute approximate surface area is 164 Å². The van der Waals surface area contributed by atoms with Crippen molar-refractivity contribution in [1.82, 2.24) is 19.4 Å². The number of carbonyl (C=O) groups excluding carboxylic acids is 1. The average molecular weight is 379 g/mol. The third-order valence-corrected chi connectivity index (χ3v) is 5.46. The molecule has 1 saturated heterocycles. The second-order valence-corrected chi connectivity index (χ2v) is 7.35. The molecule has 28 heavy (non-hydrogen) atoms. The number of piperidine rings is 1. The van der Waals surface area contributed by atoms with Gasteiger partial charge < -0.3 is 19.9 Å². The lowest BCUT2D eigenvalue weighted by molar-refractivity contribution is -0.121. The first-order valence-electron chi connectivity index (χ1n) is 9.64. The molecule has 1 aromatic carbocycles. The Morgan fingerprint density at radius 3 is 2.75 bits per heavy atom. The van der Waals surface area contributed by atoms with Crippen LogP contribution in [0.15, 0.2) is 43.0 Å². The fourth-order valence-corrected chi connectivity index (χ4v) is 3.79. The summed E-state index contributed by atoms with van der Waals surface area (Å²) in [5.41, 5.74) is 2.12. The van der Waals surface area contributed by atoms with E-state index < -0.39 is 0 Å². The van der Waals surface area contributed by atoms with Gasteiger partial charge in [0.1, 0.15) is 5.82 Å². The zero-order chi connectivity index (χ0) is 19.5. The van der Waals surface area contributed by atoms with E-state index in [0.717, 1.165) is 48.0 Å². The van der Waals surface area contributed by atoms with E-state index in [9.17, 15) is 4.79 Å². The number of aliphatic hydroxyl groups excluding tert-OH is 1. The topological polar surface area (TPSA) is 83.3 Å². The number of rotatable bonds is 5. The lowest BCUT2D eigenvalue weighted by Crippen LogP contribution is -2.39. The maximum atomic E-state index is 12.6. The van der Waals surface area contributed by atoms with E-state index in [1.165, 1.54) is 0 Å². The molecule has 0 radical (unpaired) electrons. The molecule has 1 aliphatic rings. The molecule has 4 rings (SSSR count). The van der Waals surface area contributed by atoms with E-state index in [1.54, 1.807) is 12.5 Å². The number of nitrogens with zero attached hydrogens (tertiary/aromatic N) is 4. The van der Waals surface area contributed by atoms with Crippen molar-refractivity contribution < 1.29 is 9.90 Å². The molecule has 0 saturated carbocycles. The van der Waals surface area contributed by atoms with E-state index in [4.69, 9.17) is 5.11 Å². The molecule has 1 amide bonds. The zero-order valence-corrected chi connectivity index (χ0v) is 16.0. The number of aromatic nitrogens is 3. The molecule has 146 valence electrons. The van der Waals surface area contributed by atoms with Gasteiger partial charge in [-0.1, -0.05) is 12.1 Å². The van der Waals surface area contributed by atoms with Crippen LogP contribution in [-0.2, 0) is 11.8 Å². The second kappa shape index (κ2) is 8.08. The number of aliphatic hydroxyl groups is 1. The predicted octanol–water partition coefficient (Wildman–Crippen LogP) is 2.28. The number of hydrogen-bond donors (Lipinski definition) is 2. The molecule has 3 aromatic rings. The number of hydrogen-bond acceptors (Lipinski definition) is 5. The van der Waals surface area contributed by atoms with Crippen molar-refractivity contribution in [2.75, 3.05) is 31.6 Å². The quantitative estimate of drug-likeness (QED) is 0.711. The third kappa shape index (κ3) is 3.90. The van der Waals surface area contributed by atoms with Crippen molar-refractivity contribution in [3.63, 3.8) is 0 Å². The first-order chi connectivity index (χ1) is 13.6. The highest BCUT2D eigenvalue weighted by atomic mass is 16.3. The molecule has 0 bridgehead atoms. The van der Waals surface area contributed by atoms with Crippen LogP contribution in [0.2, 0.25) is 0 Å². The molecule has 0 spiro atoms. The number of likely N-dealkylation sites (tertiary alicyclic amines) is 1. The first-order valence-corrected chi connectivity index (χ1v) is 9.64. The van der Waals surface area contributed by atoms with Crippen molar-refractivity contribution in [3.8, 4) is 11.3 Å². The first kappa shape index (κ1) is 18.6. The lowest BCUT2D eigenvalue weighted by atomic mass is 9.96. The van der Waals surface area contributed by atoms with E-state index in [2.05, 4.69) is 32.3 Å².